The fourth-order valence-electron chi connectivity index (χ4n) is 5.48. The van der Waals surface area contributed by atoms with Gasteiger partial charge in [-0.25, -0.2) is 0 Å². The molecule has 2 aromatic carbocycles. The minimum Gasteiger partial charge on any atom is -0.440 e. The Bertz CT molecular complexity index is 1110. The van der Waals surface area contributed by atoms with Gasteiger partial charge < -0.3 is 10.5 Å². The Labute approximate surface area is 183 Å². The first kappa shape index (κ1) is 19.7. The topological polar surface area (TPSA) is 62.3 Å². The lowest BCUT2D eigenvalue weighted by Gasteiger charge is -2.43. The Morgan fingerprint density at radius 3 is 2.42 bits per heavy atom. The second-order valence-corrected chi connectivity index (χ2v) is 8.48. The highest BCUT2D eigenvalue weighted by Crippen LogP contribution is 2.52. The van der Waals surface area contributed by atoms with Gasteiger partial charge in [-0.3, -0.25) is 4.90 Å². The number of hydrogen-bond acceptors (Lipinski definition) is 4. The minimum absolute atomic E-state index is 0.169. The third-order valence-corrected chi connectivity index (χ3v) is 6.69. The van der Waals surface area contributed by atoms with Crippen LogP contribution in [0, 0.1) is 11.3 Å². The van der Waals surface area contributed by atoms with Crippen molar-refractivity contribution in [3.8, 4) is 6.07 Å². The Hall–Kier alpha value is -3.29. The van der Waals surface area contributed by atoms with Crippen molar-refractivity contribution in [2.24, 2.45) is 5.73 Å². The van der Waals surface area contributed by atoms with Gasteiger partial charge in [0.2, 0.25) is 5.88 Å². The predicted molar refractivity (Wildman–Crippen MR) is 122 cm³/mol. The fraction of sp³-hybridized carbons (Fsp3) is 0.296. The van der Waals surface area contributed by atoms with E-state index in [0.717, 1.165) is 42.7 Å². The summed E-state index contributed by atoms with van der Waals surface area (Å²) >= 11 is 0. The number of nitrogens with two attached hydrogens (primary N) is 1. The van der Waals surface area contributed by atoms with Crippen molar-refractivity contribution in [2.45, 2.75) is 44.2 Å². The summed E-state index contributed by atoms with van der Waals surface area (Å²) in [6.45, 7) is 3.26. The van der Waals surface area contributed by atoms with Crippen LogP contribution < -0.4 is 5.73 Å². The molecule has 0 aromatic heterocycles. The van der Waals surface area contributed by atoms with E-state index in [1.54, 1.807) is 0 Å². The van der Waals surface area contributed by atoms with Crippen LogP contribution in [0.2, 0.25) is 0 Å². The number of allylic oxidation sites excluding steroid dienone is 1. The van der Waals surface area contributed by atoms with E-state index >= 15 is 0 Å². The van der Waals surface area contributed by atoms with Crippen LogP contribution in [-0.2, 0) is 4.74 Å². The van der Waals surface area contributed by atoms with E-state index in [4.69, 9.17) is 10.5 Å². The first-order chi connectivity index (χ1) is 15.2. The Balaban J connectivity index is 1.73. The molecule has 156 valence electrons. The molecule has 3 aliphatic rings. The molecule has 3 heterocycles. The minimum atomic E-state index is -0.169. The molecular formula is C27H27N3O. The summed E-state index contributed by atoms with van der Waals surface area (Å²) in [6.07, 6.45) is 5.50. The number of fused-ring (bicyclic) bond motifs is 3. The number of nitrogens with zero attached hydrogens (tertiary/aromatic N) is 2. The molecule has 5 rings (SSSR count). The van der Waals surface area contributed by atoms with Crippen LogP contribution in [0.15, 0.2) is 89.0 Å². The normalized spacial score (nSPS) is 26.6. The van der Waals surface area contributed by atoms with Gasteiger partial charge in [0.15, 0.2) is 0 Å². The molecule has 0 aliphatic carbocycles. The van der Waals surface area contributed by atoms with Gasteiger partial charge in [-0.15, -0.1) is 0 Å². The van der Waals surface area contributed by atoms with Crippen LogP contribution in [0.1, 0.15) is 43.2 Å². The zero-order chi connectivity index (χ0) is 21.4. The summed E-state index contributed by atoms with van der Waals surface area (Å²) in [7, 11) is 0. The molecule has 2 aromatic rings. The Morgan fingerprint density at radius 2 is 1.74 bits per heavy atom. The first-order valence-electron chi connectivity index (χ1n) is 11.1. The smallest absolute Gasteiger partial charge is 0.205 e. The molecule has 1 saturated heterocycles. The highest BCUT2D eigenvalue weighted by molar-refractivity contribution is 5.65. The molecule has 4 heteroatoms. The number of nitriles is 1. The summed E-state index contributed by atoms with van der Waals surface area (Å²) < 4.78 is 6.26. The zero-order valence-electron chi connectivity index (χ0n) is 17.8. The molecule has 0 amide bonds. The van der Waals surface area contributed by atoms with Crippen molar-refractivity contribution < 1.29 is 4.74 Å². The van der Waals surface area contributed by atoms with Gasteiger partial charge in [-0.05, 0) is 43.0 Å². The Morgan fingerprint density at radius 1 is 1.06 bits per heavy atom. The van der Waals surface area contributed by atoms with Gasteiger partial charge >= 0.3 is 0 Å². The van der Waals surface area contributed by atoms with Crippen LogP contribution >= 0.6 is 0 Å². The summed E-state index contributed by atoms with van der Waals surface area (Å²) in [4.78, 5) is 2.61. The maximum Gasteiger partial charge on any atom is 0.205 e. The van der Waals surface area contributed by atoms with Gasteiger partial charge in [-0.2, -0.15) is 5.26 Å². The van der Waals surface area contributed by atoms with Crippen LogP contribution in [-0.4, -0.2) is 23.5 Å². The Kier molecular flexibility index (Phi) is 5.13. The van der Waals surface area contributed by atoms with Crippen LogP contribution in [0.4, 0.5) is 0 Å². The molecule has 0 spiro atoms. The van der Waals surface area contributed by atoms with E-state index in [2.05, 4.69) is 60.4 Å². The number of rotatable bonds is 4. The van der Waals surface area contributed by atoms with Crippen molar-refractivity contribution in [1.82, 2.24) is 4.90 Å². The van der Waals surface area contributed by atoms with E-state index in [-0.39, 0.29) is 17.8 Å². The van der Waals surface area contributed by atoms with E-state index in [9.17, 15) is 5.26 Å². The molecule has 4 nitrogen and oxygen atoms in total. The lowest BCUT2D eigenvalue weighted by atomic mass is 9.77. The van der Waals surface area contributed by atoms with Gasteiger partial charge in [0.1, 0.15) is 17.4 Å². The van der Waals surface area contributed by atoms with Crippen molar-refractivity contribution in [1.29, 1.82) is 5.26 Å². The first-order valence-corrected chi connectivity index (χ1v) is 11.1. The van der Waals surface area contributed by atoms with Gasteiger partial charge in [0.05, 0.1) is 5.92 Å². The number of ether oxygens (including phenoxy) is 1. The SMILES string of the molecule is CCCN1C2CCC1/C(=C\c1ccccc1)C1=C2[C@@H](c2ccccc2)C(C#N)=C(N)O1. The molecule has 1 fully saturated rings. The molecule has 0 radical (unpaired) electrons. The summed E-state index contributed by atoms with van der Waals surface area (Å²) in [5.41, 5.74) is 11.5. The van der Waals surface area contributed by atoms with Gasteiger partial charge in [0, 0.05) is 23.2 Å². The van der Waals surface area contributed by atoms with E-state index in [1.165, 1.54) is 11.1 Å². The average molecular weight is 410 g/mol. The molecular weight excluding hydrogens is 382 g/mol. The average Bonchev–Trinajstić information content (AvgIpc) is 3.14. The standard InChI is InChI=1S/C27H27N3O/c1-2-15-30-22-13-14-23(30)25-24(19-11-7-4-8-12-19)21(17-28)27(29)31-26(25)20(22)16-18-9-5-3-6-10-18/h3-12,16,22-24H,2,13-15,29H2,1H3/b20-16+/t22?,23?,24-/m0/s1. The molecule has 2 bridgehead atoms. The number of benzene rings is 2. The highest BCUT2D eigenvalue weighted by Gasteiger charge is 2.49. The second kappa shape index (κ2) is 8.09. The summed E-state index contributed by atoms with van der Waals surface area (Å²) in [6, 6.07) is 23.6. The van der Waals surface area contributed by atoms with Crippen molar-refractivity contribution >= 4 is 6.08 Å². The van der Waals surface area contributed by atoms with Crippen molar-refractivity contribution in [3.63, 3.8) is 0 Å². The third-order valence-electron chi connectivity index (χ3n) is 6.69. The zero-order valence-corrected chi connectivity index (χ0v) is 17.8. The summed E-state index contributed by atoms with van der Waals surface area (Å²) in [5, 5.41) is 10.0. The predicted octanol–water partition coefficient (Wildman–Crippen LogP) is 5.09. The molecule has 3 atom stereocenters. The highest BCUT2D eigenvalue weighted by atomic mass is 16.5. The molecule has 2 N–H and O–H groups in total. The quantitative estimate of drug-likeness (QED) is 0.764. The third kappa shape index (κ3) is 3.26. The van der Waals surface area contributed by atoms with E-state index in [0.29, 0.717) is 11.6 Å². The lowest BCUT2D eigenvalue weighted by molar-refractivity contribution is 0.181. The van der Waals surface area contributed by atoms with E-state index in [1.807, 2.05) is 24.3 Å². The molecule has 3 aliphatic heterocycles. The van der Waals surface area contributed by atoms with Gasteiger partial charge in [-0.1, -0.05) is 67.6 Å². The second-order valence-electron chi connectivity index (χ2n) is 8.48. The van der Waals surface area contributed by atoms with Crippen molar-refractivity contribution in [3.05, 3.63) is 100 Å². The maximum atomic E-state index is 10.0. The lowest BCUT2D eigenvalue weighted by Crippen LogP contribution is -2.46. The van der Waals surface area contributed by atoms with Crippen molar-refractivity contribution in [2.75, 3.05) is 6.54 Å². The largest absolute Gasteiger partial charge is 0.440 e. The summed E-state index contributed by atoms with van der Waals surface area (Å²) in [5.74, 6) is 0.948. The number of hydrogen-bond donors (Lipinski definition) is 1. The van der Waals surface area contributed by atoms with E-state index < -0.39 is 0 Å². The fourth-order valence-corrected chi connectivity index (χ4v) is 5.48. The molecule has 0 saturated carbocycles. The van der Waals surface area contributed by atoms with Crippen LogP contribution in [0.25, 0.3) is 6.08 Å². The monoisotopic (exact) mass is 409 g/mol. The molecule has 2 unspecified atom stereocenters. The van der Waals surface area contributed by atoms with Crippen LogP contribution in [0.5, 0.6) is 0 Å². The van der Waals surface area contributed by atoms with Crippen LogP contribution in [0.3, 0.4) is 0 Å². The molecule has 31 heavy (non-hydrogen) atoms. The maximum absolute atomic E-state index is 10.0. The van der Waals surface area contributed by atoms with Gasteiger partial charge in [0.25, 0.3) is 0 Å².